The molecule has 0 spiro atoms. The lowest BCUT2D eigenvalue weighted by atomic mass is 10.3. The minimum atomic E-state index is -1.01. The molecular formula is C12H19N3O4S. The number of hydrogen-bond donors (Lipinski definition) is 3. The lowest BCUT2D eigenvalue weighted by molar-refractivity contribution is 0.0701. The Morgan fingerprint density at radius 3 is 2.65 bits per heavy atom. The van der Waals surface area contributed by atoms with Gasteiger partial charge in [-0.3, -0.25) is 0 Å². The van der Waals surface area contributed by atoms with Gasteiger partial charge >= 0.3 is 12.0 Å². The number of urea groups is 1. The van der Waals surface area contributed by atoms with E-state index >= 15 is 0 Å². The number of aliphatic hydroxyl groups excluding tert-OH is 1. The summed E-state index contributed by atoms with van der Waals surface area (Å²) < 4.78 is 0. The van der Waals surface area contributed by atoms with Crippen LogP contribution in [0.4, 0.5) is 4.79 Å². The zero-order chi connectivity index (χ0) is 15.3. The Balaban J connectivity index is 2.48. The Hall–Kier alpha value is -1.67. The largest absolute Gasteiger partial charge is 0.477 e. The molecule has 2 amide bonds. The van der Waals surface area contributed by atoms with Crippen molar-refractivity contribution >= 4 is 23.3 Å². The van der Waals surface area contributed by atoms with Gasteiger partial charge in [-0.15, -0.1) is 11.3 Å². The molecule has 0 aliphatic heterocycles. The van der Waals surface area contributed by atoms with Crippen LogP contribution in [0.1, 0.15) is 33.7 Å². The van der Waals surface area contributed by atoms with Crippen LogP contribution < -0.4 is 5.32 Å². The van der Waals surface area contributed by atoms with E-state index in [1.54, 1.807) is 20.9 Å². The first-order valence-electron chi connectivity index (χ1n) is 6.18. The first kappa shape index (κ1) is 16.4. The monoisotopic (exact) mass is 301 g/mol. The molecule has 7 nitrogen and oxygen atoms in total. The maximum Gasteiger partial charge on any atom is 0.347 e. The van der Waals surface area contributed by atoms with Crippen LogP contribution in [0, 0.1) is 6.92 Å². The Morgan fingerprint density at radius 1 is 1.50 bits per heavy atom. The molecule has 112 valence electrons. The second-order valence-electron chi connectivity index (χ2n) is 4.55. The van der Waals surface area contributed by atoms with Gasteiger partial charge in [-0.25, -0.2) is 14.6 Å². The van der Waals surface area contributed by atoms with Gasteiger partial charge in [-0.1, -0.05) is 0 Å². The number of aliphatic hydroxyl groups is 1. The van der Waals surface area contributed by atoms with Gasteiger partial charge in [-0.2, -0.15) is 0 Å². The molecule has 0 aliphatic carbocycles. The highest BCUT2D eigenvalue weighted by Crippen LogP contribution is 2.17. The smallest absolute Gasteiger partial charge is 0.347 e. The summed E-state index contributed by atoms with van der Waals surface area (Å²) in [5.74, 6) is -1.01. The van der Waals surface area contributed by atoms with Crippen LogP contribution in [-0.4, -0.2) is 51.8 Å². The summed E-state index contributed by atoms with van der Waals surface area (Å²) in [6.45, 7) is 3.93. The molecule has 0 saturated carbocycles. The van der Waals surface area contributed by atoms with Gasteiger partial charge in [0.1, 0.15) is 9.88 Å². The van der Waals surface area contributed by atoms with Gasteiger partial charge in [-0.05, 0) is 20.3 Å². The van der Waals surface area contributed by atoms with Crippen LogP contribution in [0.25, 0.3) is 0 Å². The molecule has 1 heterocycles. The molecule has 1 atom stereocenters. The van der Waals surface area contributed by atoms with Crippen molar-refractivity contribution in [1.82, 2.24) is 15.2 Å². The molecule has 0 bridgehead atoms. The number of thiazole rings is 1. The summed E-state index contributed by atoms with van der Waals surface area (Å²) in [6.07, 6.45) is 0.0497. The van der Waals surface area contributed by atoms with Crippen molar-refractivity contribution < 1.29 is 19.8 Å². The van der Waals surface area contributed by atoms with Crippen LogP contribution in [0.15, 0.2) is 0 Å². The van der Waals surface area contributed by atoms with Crippen LogP contribution >= 0.6 is 11.3 Å². The molecule has 1 rings (SSSR count). The number of carboxylic acids is 1. The van der Waals surface area contributed by atoms with Crippen molar-refractivity contribution in [3.05, 3.63) is 15.6 Å². The van der Waals surface area contributed by atoms with E-state index in [9.17, 15) is 9.59 Å². The lowest BCUT2D eigenvalue weighted by Crippen LogP contribution is -2.38. The molecular weight excluding hydrogens is 282 g/mol. The maximum absolute atomic E-state index is 11.7. The summed E-state index contributed by atoms with van der Waals surface area (Å²) >= 11 is 1.06. The fraction of sp³-hybridized carbons (Fsp3) is 0.583. The molecule has 0 fully saturated rings. The Labute approximate surface area is 121 Å². The van der Waals surface area contributed by atoms with E-state index in [1.807, 2.05) is 0 Å². The molecule has 1 aromatic rings. The topological polar surface area (TPSA) is 103 Å². The molecule has 1 aromatic heterocycles. The van der Waals surface area contributed by atoms with E-state index in [2.05, 4.69) is 10.3 Å². The fourth-order valence-corrected chi connectivity index (χ4v) is 2.34. The first-order valence-corrected chi connectivity index (χ1v) is 6.99. The van der Waals surface area contributed by atoms with Crippen molar-refractivity contribution in [2.75, 3.05) is 13.6 Å². The van der Waals surface area contributed by atoms with E-state index < -0.39 is 12.1 Å². The zero-order valence-corrected chi connectivity index (χ0v) is 12.5. The molecule has 0 saturated heterocycles. The molecule has 0 aromatic carbocycles. The third kappa shape index (κ3) is 4.78. The molecule has 1 unspecified atom stereocenters. The number of aromatic nitrogens is 1. The van der Waals surface area contributed by atoms with E-state index in [-0.39, 0.29) is 17.5 Å². The van der Waals surface area contributed by atoms with Gasteiger partial charge < -0.3 is 20.4 Å². The predicted octanol–water partition coefficient (Wildman–Crippen LogP) is 1.06. The number of hydrogen-bond acceptors (Lipinski definition) is 5. The van der Waals surface area contributed by atoms with Crippen LogP contribution in [0.3, 0.4) is 0 Å². The number of carboxylic acid groups (broad SMARTS) is 1. The number of nitrogens with one attached hydrogen (secondary N) is 1. The van der Waals surface area contributed by atoms with Gasteiger partial charge in [0.05, 0.1) is 18.3 Å². The van der Waals surface area contributed by atoms with Crippen LogP contribution in [-0.2, 0) is 6.54 Å². The lowest BCUT2D eigenvalue weighted by Gasteiger charge is -2.18. The molecule has 3 N–H and O–H groups in total. The van der Waals surface area contributed by atoms with E-state index in [0.29, 0.717) is 23.7 Å². The van der Waals surface area contributed by atoms with E-state index in [0.717, 1.165) is 11.3 Å². The van der Waals surface area contributed by atoms with Crippen molar-refractivity contribution in [3.63, 3.8) is 0 Å². The Bertz CT molecular complexity index is 487. The summed E-state index contributed by atoms with van der Waals surface area (Å²) in [6, 6.07) is -0.282. The summed E-state index contributed by atoms with van der Waals surface area (Å²) in [5, 5.41) is 21.3. The fourth-order valence-electron chi connectivity index (χ4n) is 1.49. The normalized spacial score (nSPS) is 12.0. The minimum absolute atomic E-state index is 0.191. The third-order valence-electron chi connectivity index (χ3n) is 2.65. The number of aromatic carboxylic acids is 1. The second kappa shape index (κ2) is 7.20. The van der Waals surface area contributed by atoms with Gasteiger partial charge in [0, 0.05) is 13.6 Å². The van der Waals surface area contributed by atoms with Crippen molar-refractivity contribution in [1.29, 1.82) is 0 Å². The van der Waals surface area contributed by atoms with E-state index in [4.69, 9.17) is 10.2 Å². The van der Waals surface area contributed by atoms with Gasteiger partial charge in [0.2, 0.25) is 0 Å². The number of carbonyl (C=O) groups is 2. The van der Waals surface area contributed by atoms with Crippen LogP contribution in [0.2, 0.25) is 0 Å². The van der Waals surface area contributed by atoms with Crippen molar-refractivity contribution in [2.24, 2.45) is 0 Å². The summed E-state index contributed by atoms with van der Waals surface area (Å²) in [5.41, 5.74) is 0.453. The SMILES string of the molecule is Cc1nc(CNC(=O)N(C)CCC(C)O)sc1C(=O)O. The molecule has 20 heavy (non-hydrogen) atoms. The zero-order valence-electron chi connectivity index (χ0n) is 11.7. The van der Waals surface area contributed by atoms with Crippen molar-refractivity contribution in [2.45, 2.75) is 32.9 Å². The number of amides is 2. The van der Waals surface area contributed by atoms with Gasteiger partial charge in [0.25, 0.3) is 0 Å². The predicted molar refractivity (Wildman–Crippen MR) is 75.0 cm³/mol. The number of rotatable bonds is 6. The van der Waals surface area contributed by atoms with E-state index in [1.165, 1.54) is 4.90 Å². The first-order chi connectivity index (χ1) is 9.31. The third-order valence-corrected chi connectivity index (χ3v) is 3.80. The standard InChI is InChI=1S/C12H19N3O4S/c1-7(16)4-5-15(3)12(19)13-6-9-14-8(2)10(20-9)11(17)18/h7,16H,4-6H2,1-3H3,(H,13,19)(H,17,18). The summed E-state index contributed by atoms with van der Waals surface area (Å²) in [4.78, 5) is 28.4. The van der Waals surface area contributed by atoms with Gasteiger partial charge in [0.15, 0.2) is 0 Å². The second-order valence-corrected chi connectivity index (χ2v) is 5.63. The highest BCUT2D eigenvalue weighted by Gasteiger charge is 2.15. The number of carbonyl (C=O) groups excluding carboxylic acids is 1. The highest BCUT2D eigenvalue weighted by molar-refractivity contribution is 7.13. The van der Waals surface area contributed by atoms with Crippen molar-refractivity contribution in [3.8, 4) is 0 Å². The molecule has 8 heteroatoms. The maximum atomic E-state index is 11.7. The summed E-state index contributed by atoms with van der Waals surface area (Å²) in [7, 11) is 1.63. The minimum Gasteiger partial charge on any atom is -0.477 e. The number of aryl methyl sites for hydroxylation is 1. The highest BCUT2D eigenvalue weighted by atomic mass is 32.1. The average molecular weight is 301 g/mol. The Morgan fingerprint density at radius 2 is 2.15 bits per heavy atom. The molecule has 0 radical (unpaired) electrons. The quantitative estimate of drug-likeness (QED) is 0.729. The Kier molecular flexibility index (Phi) is 5.90. The molecule has 0 aliphatic rings. The number of nitrogens with zero attached hydrogens (tertiary/aromatic N) is 2. The van der Waals surface area contributed by atoms with Crippen LogP contribution in [0.5, 0.6) is 0 Å². The average Bonchev–Trinajstić information content (AvgIpc) is 2.74.